The molecule has 0 bridgehead atoms. The van der Waals surface area contributed by atoms with Gasteiger partial charge >= 0.3 is 0 Å². The summed E-state index contributed by atoms with van der Waals surface area (Å²) in [6.45, 7) is 1.79. The maximum atomic E-state index is 13.8. The Morgan fingerprint density at radius 3 is 2.21 bits per heavy atom. The van der Waals surface area contributed by atoms with Gasteiger partial charge in [0.25, 0.3) is 5.91 Å². The molecule has 0 aliphatic heterocycles. The summed E-state index contributed by atoms with van der Waals surface area (Å²) in [5.41, 5.74) is 3.43. The fraction of sp³-hybridized carbons (Fsp3) is 0.324. The second kappa shape index (κ2) is 13.4. The zero-order valence-electron chi connectivity index (χ0n) is 22.4. The number of nitrogens with zero attached hydrogens (tertiary/aromatic N) is 1. The number of benzene rings is 3. The minimum atomic E-state index is -0.213. The van der Waals surface area contributed by atoms with E-state index >= 15 is 0 Å². The topological polar surface area (TPSA) is 45.5 Å². The van der Waals surface area contributed by atoms with E-state index in [-0.39, 0.29) is 17.6 Å². The third-order valence-electron chi connectivity index (χ3n) is 7.73. The van der Waals surface area contributed by atoms with Gasteiger partial charge in [-0.1, -0.05) is 92.1 Å². The second-order valence-electron chi connectivity index (χ2n) is 10.5. The summed E-state index contributed by atoms with van der Waals surface area (Å²) in [7, 11) is 0. The molecule has 1 amide bonds. The highest BCUT2D eigenvalue weighted by Crippen LogP contribution is 2.28. The maximum absolute atomic E-state index is 13.8. The molecule has 202 valence electrons. The van der Waals surface area contributed by atoms with Crippen LogP contribution in [-0.4, -0.2) is 23.4 Å². The SMILES string of the molecule is O=C(NCCC(c1ccccc1)c1ccccc1)c1ccc(CN(Cc2cccc(F)c2)C2CCCCC2)o1. The molecule has 0 spiro atoms. The largest absolute Gasteiger partial charge is 0.455 e. The van der Waals surface area contributed by atoms with Crippen molar-refractivity contribution in [3.63, 3.8) is 0 Å². The van der Waals surface area contributed by atoms with Gasteiger partial charge in [0.2, 0.25) is 0 Å². The maximum Gasteiger partial charge on any atom is 0.286 e. The van der Waals surface area contributed by atoms with E-state index in [2.05, 4.69) is 58.7 Å². The van der Waals surface area contributed by atoms with Crippen molar-refractivity contribution in [3.8, 4) is 0 Å². The second-order valence-corrected chi connectivity index (χ2v) is 10.5. The molecule has 4 nitrogen and oxygen atoms in total. The van der Waals surface area contributed by atoms with Gasteiger partial charge in [0.15, 0.2) is 5.76 Å². The molecular weight excluding hydrogens is 487 g/mol. The molecule has 1 aromatic heterocycles. The van der Waals surface area contributed by atoms with Crippen LogP contribution in [-0.2, 0) is 13.1 Å². The number of hydrogen-bond donors (Lipinski definition) is 1. The predicted octanol–water partition coefficient (Wildman–Crippen LogP) is 7.71. The van der Waals surface area contributed by atoms with E-state index in [0.717, 1.165) is 30.6 Å². The molecule has 1 aliphatic carbocycles. The first-order valence-electron chi connectivity index (χ1n) is 14.1. The van der Waals surface area contributed by atoms with E-state index in [1.165, 1.54) is 36.5 Å². The fourth-order valence-electron chi connectivity index (χ4n) is 5.73. The number of rotatable bonds is 11. The monoisotopic (exact) mass is 524 g/mol. The van der Waals surface area contributed by atoms with Gasteiger partial charge in [-0.15, -0.1) is 0 Å². The Bertz CT molecular complexity index is 1280. The third-order valence-corrected chi connectivity index (χ3v) is 7.73. The molecule has 1 aliphatic rings. The number of furan rings is 1. The Morgan fingerprint density at radius 1 is 0.846 bits per heavy atom. The van der Waals surface area contributed by atoms with E-state index in [9.17, 15) is 9.18 Å². The van der Waals surface area contributed by atoms with Gasteiger partial charge in [-0.2, -0.15) is 0 Å². The van der Waals surface area contributed by atoms with Crippen LogP contribution in [0.2, 0.25) is 0 Å². The fourth-order valence-corrected chi connectivity index (χ4v) is 5.73. The van der Waals surface area contributed by atoms with E-state index in [0.29, 0.717) is 31.4 Å². The van der Waals surface area contributed by atoms with E-state index < -0.39 is 0 Å². The molecule has 0 atom stereocenters. The Hall–Kier alpha value is -3.70. The van der Waals surface area contributed by atoms with Crippen molar-refractivity contribution in [2.24, 2.45) is 0 Å². The van der Waals surface area contributed by atoms with Gasteiger partial charge in [0.05, 0.1) is 6.54 Å². The lowest BCUT2D eigenvalue weighted by atomic mass is 9.88. The van der Waals surface area contributed by atoms with E-state index in [1.807, 2.05) is 24.3 Å². The number of carbonyl (C=O) groups is 1. The van der Waals surface area contributed by atoms with Crippen LogP contribution in [0.15, 0.2) is 101 Å². The molecule has 5 rings (SSSR count). The molecule has 1 saturated carbocycles. The van der Waals surface area contributed by atoms with Crippen LogP contribution in [0.4, 0.5) is 4.39 Å². The van der Waals surface area contributed by atoms with Crippen molar-refractivity contribution in [2.45, 2.75) is 63.6 Å². The predicted molar refractivity (Wildman–Crippen MR) is 153 cm³/mol. The van der Waals surface area contributed by atoms with Gasteiger partial charge in [-0.3, -0.25) is 9.69 Å². The minimum absolute atomic E-state index is 0.199. The lowest BCUT2D eigenvalue weighted by Crippen LogP contribution is -2.35. The standard InChI is InChI=1S/C34H37FN2O2/c35-29-16-10-11-26(23-29)24-37(30-17-8-3-9-18-30)25-31-19-20-33(39-31)34(38)36-22-21-32(27-12-4-1-5-13-27)28-14-6-2-7-15-28/h1-2,4-7,10-16,19-20,23,30,32H,3,8-9,17-18,21-22,24-25H2,(H,36,38). The molecule has 0 radical (unpaired) electrons. The average Bonchev–Trinajstić information content (AvgIpc) is 3.45. The molecule has 1 fully saturated rings. The number of amides is 1. The van der Waals surface area contributed by atoms with Crippen molar-refractivity contribution >= 4 is 5.91 Å². The van der Waals surface area contributed by atoms with E-state index in [4.69, 9.17) is 4.42 Å². The highest BCUT2D eigenvalue weighted by atomic mass is 19.1. The molecule has 4 aromatic rings. The molecule has 1 heterocycles. The average molecular weight is 525 g/mol. The minimum Gasteiger partial charge on any atom is -0.455 e. The summed E-state index contributed by atoms with van der Waals surface area (Å²) in [5.74, 6) is 0.876. The smallest absolute Gasteiger partial charge is 0.286 e. The Labute approximate surface area is 230 Å². The van der Waals surface area contributed by atoms with Crippen LogP contribution in [0.3, 0.4) is 0 Å². The first-order chi connectivity index (χ1) is 19.2. The Morgan fingerprint density at radius 2 is 1.54 bits per heavy atom. The molecule has 3 aromatic carbocycles. The third kappa shape index (κ3) is 7.45. The lowest BCUT2D eigenvalue weighted by molar-refractivity contribution is 0.0915. The first-order valence-corrected chi connectivity index (χ1v) is 14.1. The Balaban J connectivity index is 1.21. The first kappa shape index (κ1) is 26.9. The number of nitrogens with one attached hydrogen (secondary N) is 1. The van der Waals surface area contributed by atoms with Crippen LogP contribution in [0.5, 0.6) is 0 Å². The molecule has 1 N–H and O–H groups in total. The molecule has 0 unspecified atom stereocenters. The highest BCUT2D eigenvalue weighted by Gasteiger charge is 2.23. The van der Waals surface area contributed by atoms with Gasteiger partial charge < -0.3 is 9.73 Å². The number of halogens is 1. The number of hydrogen-bond acceptors (Lipinski definition) is 3. The summed E-state index contributed by atoms with van der Waals surface area (Å²) in [6.07, 6.45) is 6.74. The van der Waals surface area contributed by atoms with Crippen LogP contribution in [0.1, 0.15) is 77.4 Å². The Kier molecular flexibility index (Phi) is 9.23. The summed E-state index contributed by atoms with van der Waals surface area (Å²) in [4.78, 5) is 15.3. The highest BCUT2D eigenvalue weighted by molar-refractivity contribution is 5.91. The quantitative estimate of drug-likeness (QED) is 0.219. The van der Waals surface area contributed by atoms with Crippen molar-refractivity contribution in [1.82, 2.24) is 10.2 Å². The molecule has 0 saturated heterocycles. The lowest BCUT2D eigenvalue weighted by Gasteiger charge is -2.34. The van der Waals surface area contributed by atoms with E-state index in [1.54, 1.807) is 18.2 Å². The molecule has 39 heavy (non-hydrogen) atoms. The van der Waals surface area contributed by atoms with Gasteiger partial charge in [-0.25, -0.2) is 4.39 Å². The summed E-state index contributed by atoms with van der Waals surface area (Å²) >= 11 is 0. The van der Waals surface area contributed by atoms with Crippen LogP contribution < -0.4 is 5.32 Å². The molecule has 5 heteroatoms. The number of carbonyl (C=O) groups excluding carboxylic acids is 1. The van der Waals surface area contributed by atoms with Crippen LogP contribution in [0.25, 0.3) is 0 Å². The van der Waals surface area contributed by atoms with Crippen molar-refractivity contribution in [1.29, 1.82) is 0 Å². The van der Waals surface area contributed by atoms with Crippen LogP contribution in [0, 0.1) is 5.82 Å². The summed E-state index contributed by atoms with van der Waals surface area (Å²) < 4.78 is 19.9. The summed E-state index contributed by atoms with van der Waals surface area (Å²) in [6, 6.07) is 31.7. The van der Waals surface area contributed by atoms with Crippen molar-refractivity contribution in [3.05, 3.63) is 131 Å². The molecular formula is C34H37FN2O2. The normalized spacial score (nSPS) is 14.1. The zero-order valence-corrected chi connectivity index (χ0v) is 22.4. The zero-order chi connectivity index (χ0) is 26.9. The van der Waals surface area contributed by atoms with Crippen molar-refractivity contribution in [2.75, 3.05) is 6.54 Å². The summed E-state index contributed by atoms with van der Waals surface area (Å²) in [5, 5.41) is 3.06. The van der Waals surface area contributed by atoms with Gasteiger partial charge in [0, 0.05) is 25.0 Å². The van der Waals surface area contributed by atoms with Gasteiger partial charge in [-0.05, 0) is 60.2 Å². The van der Waals surface area contributed by atoms with Crippen LogP contribution >= 0.6 is 0 Å². The van der Waals surface area contributed by atoms with Gasteiger partial charge in [0.1, 0.15) is 11.6 Å². The van der Waals surface area contributed by atoms with Crippen molar-refractivity contribution < 1.29 is 13.6 Å².